The van der Waals surface area contributed by atoms with Crippen LogP contribution in [0.5, 0.6) is 0 Å². The lowest BCUT2D eigenvalue weighted by molar-refractivity contribution is -0.258. The summed E-state index contributed by atoms with van der Waals surface area (Å²) >= 11 is 1.17. The van der Waals surface area contributed by atoms with Gasteiger partial charge in [-0.3, -0.25) is 0 Å². The first-order valence-corrected chi connectivity index (χ1v) is 12.6. The second kappa shape index (κ2) is 9.30. The van der Waals surface area contributed by atoms with Gasteiger partial charge in [-0.2, -0.15) is 17.5 Å². The zero-order chi connectivity index (χ0) is 23.7. The molecule has 1 aliphatic rings. The van der Waals surface area contributed by atoms with Gasteiger partial charge in [0.2, 0.25) is 0 Å². The van der Waals surface area contributed by atoms with Crippen molar-refractivity contribution in [3.63, 3.8) is 0 Å². The smallest absolute Gasteiger partial charge is 0.376 e. The minimum Gasteiger partial charge on any atom is -0.376 e. The third-order valence-corrected chi connectivity index (χ3v) is 8.85. The molecule has 11 heteroatoms. The van der Waals surface area contributed by atoms with Gasteiger partial charge in [-0.05, 0) is 36.1 Å². The van der Waals surface area contributed by atoms with Crippen LogP contribution >= 0.6 is 11.3 Å². The van der Waals surface area contributed by atoms with Crippen molar-refractivity contribution in [3.05, 3.63) is 47.3 Å². The van der Waals surface area contributed by atoms with E-state index in [1.54, 1.807) is 29.6 Å². The highest BCUT2D eigenvalue weighted by Crippen LogP contribution is 2.39. The number of nitrogens with one attached hydrogen (secondary N) is 1. The van der Waals surface area contributed by atoms with Crippen molar-refractivity contribution in [1.82, 2.24) is 9.62 Å². The Hall–Kier alpha value is -1.66. The molecule has 3 rings (SSSR count). The number of hydrogen-bond donors (Lipinski definition) is 2. The van der Waals surface area contributed by atoms with E-state index in [4.69, 9.17) is 0 Å². The summed E-state index contributed by atoms with van der Waals surface area (Å²) in [6.07, 6.45) is -4.79. The molecule has 6 nitrogen and oxygen atoms in total. The molecular weight excluding hydrogens is 463 g/mol. The summed E-state index contributed by atoms with van der Waals surface area (Å²) in [4.78, 5) is 2.00. The first kappa shape index (κ1) is 25.0. The van der Waals surface area contributed by atoms with Crippen LogP contribution in [0, 0.1) is 0 Å². The molecule has 2 unspecified atom stereocenters. The Labute approximate surface area is 190 Å². The van der Waals surface area contributed by atoms with Crippen LogP contribution in [0.3, 0.4) is 0 Å². The van der Waals surface area contributed by atoms with Crippen LogP contribution in [0.2, 0.25) is 0 Å². The van der Waals surface area contributed by atoms with Gasteiger partial charge >= 0.3 is 6.18 Å². The van der Waals surface area contributed by atoms with Crippen molar-refractivity contribution in [2.45, 2.75) is 48.8 Å². The van der Waals surface area contributed by atoms with Gasteiger partial charge in [0, 0.05) is 37.9 Å². The van der Waals surface area contributed by atoms with E-state index in [-0.39, 0.29) is 30.7 Å². The van der Waals surface area contributed by atoms with Crippen LogP contribution < -0.4 is 10.2 Å². The number of thiophene rings is 1. The van der Waals surface area contributed by atoms with E-state index in [0.717, 1.165) is 6.92 Å². The van der Waals surface area contributed by atoms with Gasteiger partial charge in [0.1, 0.15) is 4.21 Å². The lowest BCUT2D eigenvalue weighted by Crippen LogP contribution is -2.58. The molecule has 1 aliphatic heterocycles. The number of alkyl halides is 3. The van der Waals surface area contributed by atoms with Crippen molar-refractivity contribution < 1.29 is 26.7 Å². The average Bonchev–Trinajstić information content (AvgIpc) is 3.27. The number of halogens is 3. The van der Waals surface area contributed by atoms with Gasteiger partial charge in [-0.1, -0.05) is 32.0 Å². The third-order valence-electron chi connectivity index (χ3n) is 5.61. The van der Waals surface area contributed by atoms with E-state index in [1.165, 1.54) is 27.8 Å². The van der Waals surface area contributed by atoms with E-state index in [2.05, 4.69) is 5.32 Å². The molecule has 2 atom stereocenters. The summed E-state index contributed by atoms with van der Waals surface area (Å²) in [7, 11) is -3.60. The van der Waals surface area contributed by atoms with Crippen molar-refractivity contribution in [3.8, 4) is 0 Å². The molecule has 0 radical (unpaired) electrons. The van der Waals surface area contributed by atoms with Crippen LogP contribution in [0.15, 0.2) is 46.0 Å². The van der Waals surface area contributed by atoms with Crippen LogP contribution in [0.1, 0.15) is 26.3 Å². The predicted octanol–water partition coefficient (Wildman–Crippen LogP) is 3.40. The topological polar surface area (TPSA) is 72.9 Å². The Morgan fingerprint density at radius 1 is 1.19 bits per heavy atom. The molecule has 0 bridgehead atoms. The Balaban J connectivity index is 1.84. The average molecular weight is 492 g/mol. The number of sulfonamides is 1. The number of benzene rings is 1. The highest BCUT2D eigenvalue weighted by atomic mass is 32.2. The van der Waals surface area contributed by atoms with Crippen LogP contribution in [0.4, 0.5) is 18.9 Å². The maximum atomic E-state index is 13.2. The lowest BCUT2D eigenvalue weighted by atomic mass is 9.95. The van der Waals surface area contributed by atoms with Gasteiger partial charge in [0.15, 0.2) is 5.60 Å². The number of nitrogens with zero attached hydrogens (tertiary/aromatic N) is 2. The minimum atomic E-state index is -4.79. The van der Waals surface area contributed by atoms with Gasteiger partial charge in [-0.25, -0.2) is 8.42 Å². The third kappa shape index (κ3) is 5.12. The van der Waals surface area contributed by atoms with Crippen molar-refractivity contribution in [2.75, 3.05) is 31.1 Å². The van der Waals surface area contributed by atoms with E-state index in [1.807, 2.05) is 18.7 Å². The van der Waals surface area contributed by atoms with Crippen molar-refractivity contribution in [2.24, 2.45) is 0 Å². The molecule has 0 aliphatic carbocycles. The van der Waals surface area contributed by atoms with Crippen LogP contribution in [-0.4, -0.2) is 62.3 Å². The maximum absolute atomic E-state index is 13.2. The van der Waals surface area contributed by atoms with Crippen molar-refractivity contribution in [1.29, 1.82) is 0 Å². The molecular formula is C21H28F3N3O3S2. The Morgan fingerprint density at radius 2 is 1.84 bits per heavy atom. The van der Waals surface area contributed by atoms with Crippen molar-refractivity contribution >= 4 is 27.0 Å². The van der Waals surface area contributed by atoms with Crippen LogP contribution in [-0.2, 0) is 15.6 Å². The molecule has 2 heterocycles. The Morgan fingerprint density at radius 3 is 2.38 bits per heavy atom. The molecule has 1 aromatic carbocycles. The summed E-state index contributed by atoms with van der Waals surface area (Å²) in [5.41, 5.74) is -2.52. The second-order valence-corrected chi connectivity index (χ2v) is 11.4. The number of anilines is 1. The first-order valence-electron chi connectivity index (χ1n) is 10.3. The normalized spacial score (nSPS) is 20.5. The standard InChI is InChI=1S/C21H28F3N3O3S2/c1-15(2)25-13-18-14-26(32(29,30)19-5-4-12-31-19)10-11-27(18)17-8-6-16(7-9-17)20(3,28)21(22,23)24/h4-9,12,15,18,25,28H,10-11,13-14H2,1-3H3. The highest BCUT2D eigenvalue weighted by Gasteiger charge is 2.51. The molecule has 0 spiro atoms. The fraction of sp³-hybridized carbons (Fsp3) is 0.524. The Kier molecular flexibility index (Phi) is 7.26. The monoisotopic (exact) mass is 491 g/mol. The number of piperazine rings is 1. The summed E-state index contributed by atoms with van der Waals surface area (Å²) in [5.74, 6) is 0. The van der Waals surface area contributed by atoms with E-state index in [0.29, 0.717) is 23.0 Å². The van der Waals surface area contributed by atoms with Crippen LogP contribution in [0.25, 0.3) is 0 Å². The molecule has 1 fully saturated rings. The van der Waals surface area contributed by atoms with E-state index < -0.39 is 21.8 Å². The number of aliphatic hydroxyl groups is 1. The fourth-order valence-corrected chi connectivity index (χ4v) is 6.22. The van der Waals surface area contributed by atoms with Gasteiger partial charge in [-0.15, -0.1) is 11.3 Å². The lowest BCUT2D eigenvalue weighted by Gasteiger charge is -2.42. The SMILES string of the molecule is CC(C)NCC1CN(S(=O)(=O)c2cccs2)CCN1c1ccc(C(C)(O)C(F)(F)F)cc1. The minimum absolute atomic E-state index is 0.186. The molecule has 0 saturated carbocycles. The number of rotatable bonds is 7. The largest absolute Gasteiger partial charge is 0.421 e. The van der Waals surface area contributed by atoms with Gasteiger partial charge in [0.25, 0.3) is 10.0 Å². The molecule has 1 aromatic heterocycles. The summed E-state index contributed by atoms with van der Waals surface area (Å²) in [5, 5.41) is 15.0. The first-order chi connectivity index (χ1) is 14.8. The van der Waals surface area contributed by atoms with E-state index >= 15 is 0 Å². The summed E-state index contributed by atoms with van der Waals surface area (Å²) < 4.78 is 67.2. The fourth-order valence-electron chi connectivity index (χ4n) is 3.61. The molecule has 0 amide bonds. The number of hydrogen-bond acceptors (Lipinski definition) is 6. The molecule has 1 saturated heterocycles. The zero-order valence-corrected chi connectivity index (χ0v) is 19.8. The quantitative estimate of drug-likeness (QED) is 0.621. The predicted molar refractivity (Wildman–Crippen MR) is 119 cm³/mol. The molecule has 32 heavy (non-hydrogen) atoms. The molecule has 2 aromatic rings. The van der Waals surface area contributed by atoms with Gasteiger partial charge < -0.3 is 15.3 Å². The molecule has 178 valence electrons. The van der Waals surface area contributed by atoms with Gasteiger partial charge in [0.05, 0.1) is 6.04 Å². The highest BCUT2D eigenvalue weighted by molar-refractivity contribution is 7.91. The summed E-state index contributed by atoms with van der Waals surface area (Å²) in [6, 6.07) is 8.88. The molecule has 2 N–H and O–H groups in total. The second-order valence-electron chi connectivity index (χ2n) is 8.32. The summed E-state index contributed by atoms with van der Waals surface area (Å²) in [6.45, 7) is 6.12. The Bertz CT molecular complexity index is 992. The van der Waals surface area contributed by atoms with E-state index in [9.17, 15) is 26.7 Å². The maximum Gasteiger partial charge on any atom is 0.421 e. The zero-order valence-electron chi connectivity index (χ0n) is 18.1.